The molecule has 0 aliphatic rings. The van der Waals surface area contributed by atoms with E-state index in [-0.39, 0.29) is 6.04 Å². The number of aryl methyl sites for hydroxylation is 1. The summed E-state index contributed by atoms with van der Waals surface area (Å²) in [4.78, 5) is 4.01. The molecular formula is C15H17Cl2N3. The van der Waals surface area contributed by atoms with Gasteiger partial charge in [0.15, 0.2) is 0 Å². The number of hydrogen-bond donors (Lipinski definition) is 2. The highest BCUT2D eigenvalue weighted by atomic mass is 35.5. The van der Waals surface area contributed by atoms with Crippen molar-refractivity contribution < 1.29 is 0 Å². The van der Waals surface area contributed by atoms with Crippen molar-refractivity contribution in [3.8, 4) is 0 Å². The third kappa shape index (κ3) is 4.18. The molecule has 3 nitrogen and oxygen atoms in total. The molecule has 106 valence electrons. The molecule has 0 saturated heterocycles. The summed E-state index contributed by atoms with van der Waals surface area (Å²) in [6.45, 7) is 0. The molecule has 0 radical (unpaired) electrons. The van der Waals surface area contributed by atoms with Crippen LogP contribution in [0.1, 0.15) is 17.5 Å². The molecule has 3 N–H and O–H groups in total. The molecule has 2 rings (SSSR count). The molecule has 0 saturated carbocycles. The minimum absolute atomic E-state index is 0.152. The Kier molecular flexibility index (Phi) is 5.80. The van der Waals surface area contributed by atoms with Crippen molar-refractivity contribution in [1.82, 2.24) is 10.4 Å². The van der Waals surface area contributed by atoms with Crippen LogP contribution in [-0.4, -0.2) is 11.0 Å². The van der Waals surface area contributed by atoms with E-state index in [1.807, 2.05) is 24.3 Å². The molecule has 0 fully saturated rings. The standard InChI is InChI=1S/C15H17Cl2N3/c16-14-3-1-2-12(15(14)17)10-13(20-18)5-4-11-6-8-19-9-7-11/h1-3,6-9,13,20H,4-5,10,18H2. The predicted octanol–water partition coefficient (Wildman–Crippen LogP) is 3.40. The fraction of sp³-hybridized carbons (Fsp3) is 0.267. The van der Waals surface area contributed by atoms with Gasteiger partial charge in [0.05, 0.1) is 10.0 Å². The molecule has 0 aliphatic carbocycles. The molecule has 2 aromatic rings. The summed E-state index contributed by atoms with van der Waals surface area (Å²) in [5, 5.41) is 1.19. The summed E-state index contributed by atoms with van der Waals surface area (Å²) < 4.78 is 0. The fourth-order valence-electron chi connectivity index (χ4n) is 2.11. The first-order valence-electron chi connectivity index (χ1n) is 6.48. The number of nitrogens with one attached hydrogen (secondary N) is 1. The Morgan fingerprint density at radius 1 is 1.15 bits per heavy atom. The smallest absolute Gasteiger partial charge is 0.0624 e. The lowest BCUT2D eigenvalue weighted by molar-refractivity contribution is 0.491. The number of halogens is 2. The van der Waals surface area contributed by atoms with E-state index in [1.54, 1.807) is 18.5 Å². The lowest BCUT2D eigenvalue weighted by Gasteiger charge is -2.17. The van der Waals surface area contributed by atoms with E-state index in [0.29, 0.717) is 10.0 Å². The normalized spacial score (nSPS) is 12.3. The molecule has 0 bridgehead atoms. The van der Waals surface area contributed by atoms with Crippen molar-refractivity contribution in [1.29, 1.82) is 0 Å². The summed E-state index contributed by atoms with van der Waals surface area (Å²) in [5.41, 5.74) is 5.11. The Labute approximate surface area is 129 Å². The van der Waals surface area contributed by atoms with Crippen LogP contribution in [0.4, 0.5) is 0 Å². The zero-order chi connectivity index (χ0) is 14.4. The van der Waals surface area contributed by atoms with Crippen LogP contribution >= 0.6 is 23.2 Å². The van der Waals surface area contributed by atoms with Crippen LogP contribution < -0.4 is 11.3 Å². The minimum Gasteiger partial charge on any atom is -0.271 e. The molecule has 0 amide bonds. The summed E-state index contributed by atoms with van der Waals surface area (Å²) in [6.07, 6.45) is 6.21. The van der Waals surface area contributed by atoms with E-state index in [0.717, 1.165) is 24.8 Å². The van der Waals surface area contributed by atoms with Gasteiger partial charge in [-0.25, -0.2) is 0 Å². The second-order valence-electron chi connectivity index (χ2n) is 4.67. The topological polar surface area (TPSA) is 50.9 Å². The van der Waals surface area contributed by atoms with E-state index in [9.17, 15) is 0 Å². The second-order valence-corrected chi connectivity index (χ2v) is 5.46. The van der Waals surface area contributed by atoms with Gasteiger partial charge in [0, 0.05) is 18.4 Å². The highest BCUT2D eigenvalue weighted by molar-refractivity contribution is 6.42. The van der Waals surface area contributed by atoms with Gasteiger partial charge in [-0.15, -0.1) is 0 Å². The number of nitrogens with two attached hydrogens (primary N) is 1. The minimum atomic E-state index is 0.152. The molecule has 1 unspecified atom stereocenters. The number of hydrazine groups is 1. The largest absolute Gasteiger partial charge is 0.271 e. The van der Waals surface area contributed by atoms with Crippen molar-refractivity contribution in [2.75, 3.05) is 0 Å². The van der Waals surface area contributed by atoms with Gasteiger partial charge < -0.3 is 0 Å². The van der Waals surface area contributed by atoms with Crippen molar-refractivity contribution in [2.24, 2.45) is 5.84 Å². The average Bonchev–Trinajstić information content (AvgIpc) is 2.49. The number of benzene rings is 1. The van der Waals surface area contributed by atoms with E-state index in [1.165, 1.54) is 5.56 Å². The van der Waals surface area contributed by atoms with E-state index < -0.39 is 0 Å². The van der Waals surface area contributed by atoms with Crippen LogP contribution in [0.5, 0.6) is 0 Å². The first-order valence-corrected chi connectivity index (χ1v) is 7.24. The van der Waals surface area contributed by atoms with Gasteiger partial charge in [-0.2, -0.15) is 0 Å². The van der Waals surface area contributed by atoms with Crippen LogP contribution in [0, 0.1) is 0 Å². The number of hydrogen-bond acceptors (Lipinski definition) is 3. The summed E-state index contributed by atoms with van der Waals surface area (Å²) >= 11 is 12.2. The highest BCUT2D eigenvalue weighted by Crippen LogP contribution is 2.26. The Bertz CT molecular complexity index is 546. The summed E-state index contributed by atoms with van der Waals surface area (Å²) in [7, 11) is 0. The maximum atomic E-state index is 6.20. The summed E-state index contributed by atoms with van der Waals surface area (Å²) in [6, 6.07) is 9.85. The number of nitrogens with zero attached hydrogens (tertiary/aromatic N) is 1. The van der Waals surface area contributed by atoms with Crippen LogP contribution in [0.25, 0.3) is 0 Å². The molecule has 1 aromatic heterocycles. The maximum absolute atomic E-state index is 6.20. The third-order valence-corrected chi connectivity index (χ3v) is 4.12. The van der Waals surface area contributed by atoms with Crippen LogP contribution in [0.3, 0.4) is 0 Å². The van der Waals surface area contributed by atoms with Gasteiger partial charge in [0.25, 0.3) is 0 Å². The van der Waals surface area contributed by atoms with Gasteiger partial charge in [-0.05, 0) is 48.6 Å². The number of pyridine rings is 1. The van der Waals surface area contributed by atoms with Gasteiger partial charge in [-0.3, -0.25) is 16.3 Å². The Hall–Kier alpha value is -1.13. The zero-order valence-electron chi connectivity index (χ0n) is 11.0. The van der Waals surface area contributed by atoms with Crippen molar-refractivity contribution in [3.05, 3.63) is 63.9 Å². The Morgan fingerprint density at radius 3 is 2.60 bits per heavy atom. The van der Waals surface area contributed by atoms with Gasteiger partial charge in [-0.1, -0.05) is 35.3 Å². The number of aromatic nitrogens is 1. The lowest BCUT2D eigenvalue weighted by Crippen LogP contribution is -2.37. The van der Waals surface area contributed by atoms with Crippen LogP contribution in [-0.2, 0) is 12.8 Å². The molecule has 1 atom stereocenters. The second kappa shape index (κ2) is 7.60. The van der Waals surface area contributed by atoms with Crippen LogP contribution in [0.15, 0.2) is 42.7 Å². The average molecular weight is 310 g/mol. The monoisotopic (exact) mass is 309 g/mol. The molecule has 1 aromatic carbocycles. The fourth-order valence-corrected chi connectivity index (χ4v) is 2.50. The highest BCUT2D eigenvalue weighted by Gasteiger charge is 2.12. The van der Waals surface area contributed by atoms with E-state index >= 15 is 0 Å². The number of rotatable bonds is 6. The lowest BCUT2D eigenvalue weighted by atomic mass is 10.00. The summed E-state index contributed by atoms with van der Waals surface area (Å²) in [5.74, 6) is 5.63. The maximum Gasteiger partial charge on any atom is 0.0624 e. The Morgan fingerprint density at radius 2 is 1.90 bits per heavy atom. The Balaban J connectivity index is 1.97. The quantitative estimate of drug-likeness (QED) is 0.635. The van der Waals surface area contributed by atoms with Gasteiger partial charge in [0.1, 0.15) is 0 Å². The van der Waals surface area contributed by atoms with Crippen LogP contribution in [0.2, 0.25) is 10.0 Å². The van der Waals surface area contributed by atoms with Gasteiger partial charge >= 0.3 is 0 Å². The van der Waals surface area contributed by atoms with E-state index in [4.69, 9.17) is 29.0 Å². The zero-order valence-corrected chi connectivity index (χ0v) is 12.5. The molecule has 5 heteroatoms. The third-order valence-electron chi connectivity index (χ3n) is 3.26. The van der Waals surface area contributed by atoms with Crippen molar-refractivity contribution >= 4 is 23.2 Å². The molecule has 1 heterocycles. The van der Waals surface area contributed by atoms with E-state index in [2.05, 4.69) is 10.4 Å². The first-order chi connectivity index (χ1) is 9.70. The first kappa shape index (κ1) is 15.3. The molecule has 0 aliphatic heterocycles. The molecule has 20 heavy (non-hydrogen) atoms. The van der Waals surface area contributed by atoms with Crippen molar-refractivity contribution in [2.45, 2.75) is 25.3 Å². The SMILES string of the molecule is NNC(CCc1ccncc1)Cc1cccc(Cl)c1Cl. The molecular weight excluding hydrogens is 293 g/mol. The van der Waals surface area contributed by atoms with Gasteiger partial charge in [0.2, 0.25) is 0 Å². The van der Waals surface area contributed by atoms with Crippen molar-refractivity contribution in [3.63, 3.8) is 0 Å². The molecule has 0 spiro atoms. The predicted molar refractivity (Wildman–Crippen MR) is 83.8 cm³/mol.